The molecular weight excluding hydrogens is 252 g/mol. The van der Waals surface area contributed by atoms with Crippen molar-refractivity contribution in [1.82, 2.24) is 10.2 Å². The molecule has 4 heteroatoms. The highest BCUT2D eigenvalue weighted by atomic mass is 16.5. The minimum absolute atomic E-state index is 0.0315. The van der Waals surface area contributed by atoms with Crippen molar-refractivity contribution in [3.63, 3.8) is 0 Å². The molecule has 0 aliphatic rings. The molecule has 0 spiro atoms. The first kappa shape index (κ1) is 16.5. The predicted molar refractivity (Wildman–Crippen MR) is 81.9 cm³/mol. The van der Waals surface area contributed by atoms with Crippen LogP contribution in [-0.4, -0.2) is 37.0 Å². The van der Waals surface area contributed by atoms with E-state index in [4.69, 9.17) is 4.74 Å². The summed E-state index contributed by atoms with van der Waals surface area (Å²) in [5.41, 5.74) is 2.13. The van der Waals surface area contributed by atoms with Gasteiger partial charge in [-0.15, -0.1) is 0 Å². The number of nitrogens with one attached hydrogen (secondary N) is 1. The Hall–Kier alpha value is -1.55. The van der Waals surface area contributed by atoms with Crippen molar-refractivity contribution in [2.45, 2.75) is 46.4 Å². The molecule has 0 aliphatic carbocycles. The van der Waals surface area contributed by atoms with Gasteiger partial charge in [0.05, 0.1) is 0 Å². The SMILES string of the molecule is Cc1cccc(CNC(C)C)c1OC(C)C(=O)N(C)C. The van der Waals surface area contributed by atoms with E-state index in [2.05, 4.69) is 19.2 Å². The molecule has 0 heterocycles. The van der Waals surface area contributed by atoms with Crippen LogP contribution in [0.15, 0.2) is 18.2 Å². The van der Waals surface area contributed by atoms with Gasteiger partial charge in [0.25, 0.3) is 5.91 Å². The van der Waals surface area contributed by atoms with E-state index < -0.39 is 6.10 Å². The number of amides is 1. The third-order valence-electron chi connectivity index (χ3n) is 3.08. The van der Waals surface area contributed by atoms with E-state index in [1.165, 1.54) is 0 Å². The van der Waals surface area contributed by atoms with Crippen molar-refractivity contribution >= 4 is 5.91 Å². The lowest BCUT2D eigenvalue weighted by molar-refractivity contribution is -0.135. The first-order valence-corrected chi connectivity index (χ1v) is 7.02. The third-order valence-corrected chi connectivity index (χ3v) is 3.08. The summed E-state index contributed by atoms with van der Waals surface area (Å²) in [4.78, 5) is 13.5. The minimum Gasteiger partial charge on any atom is -0.480 e. The molecule has 1 atom stereocenters. The number of likely N-dealkylation sites (N-methyl/N-ethyl adjacent to an activating group) is 1. The van der Waals surface area contributed by atoms with E-state index >= 15 is 0 Å². The van der Waals surface area contributed by atoms with E-state index in [0.717, 1.165) is 23.4 Å². The van der Waals surface area contributed by atoms with Gasteiger partial charge in [0.2, 0.25) is 0 Å². The average molecular weight is 278 g/mol. The zero-order valence-electron chi connectivity index (χ0n) is 13.4. The summed E-state index contributed by atoms with van der Waals surface area (Å²) in [5.74, 6) is 0.777. The number of para-hydroxylation sites is 1. The molecule has 20 heavy (non-hydrogen) atoms. The van der Waals surface area contributed by atoms with Gasteiger partial charge >= 0.3 is 0 Å². The Morgan fingerprint density at radius 2 is 1.95 bits per heavy atom. The standard InChI is InChI=1S/C16H26N2O2/c1-11(2)17-10-14-9-7-8-12(3)15(14)20-13(4)16(19)18(5)6/h7-9,11,13,17H,10H2,1-6H3. The molecule has 0 saturated carbocycles. The lowest BCUT2D eigenvalue weighted by atomic mass is 10.1. The van der Waals surface area contributed by atoms with Gasteiger partial charge in [0.15, 0.2) is 6.10 Å². The number of benzene rings is 1. The van der Waals surface area contributed by atoms with Gasteiger partial charge in [-0.1, -0.05) is 32.0 Å². The largest absolute Gasteiger partial charge is 0.480 e. The summed E-state index contributed by atoms with van der Waals surface area (Å²) in [6, 6.07) is 6.45. The Balaban J connectivity index is 2.90. The van der Waals surface area contributed by atoms with Crippen molar-refractivity contribution in [3.8, 4) is 5.75 Å². The van der Waals surface area contributed by atoms with Crippen LogP contribution in [-0.2, 0) is 11.3 Å². The van der Waals surface area contributed by atoms with Crippen LogP contribution in [0.5, 0.6) is 5.75 Å². The van der Waals surface area contributed by atoms with Crippen LogP contribution >= 0.6 is 0 Å². The fourth-order valence-electron chi connectivity index (χ4n) is 1.93. The molecule has 0 fully saturated rings. The van der Waals surface area contributed by atoms with E-state index in [1.54, 1.807) is 25.9 Å². The molecule has 0 radical (unpaired) electrons. The zero-order chi connectivity index (χ0) is 15.3. The molecular formula is C16H26N2O2. The van der Waals surface area contributed by atoms with Gasteiger partial charge in [-0.3, -0.25) is 4.79 Å². The lowest BCUT2D eigenvalue weighted by Gasteiger charge is -2.22. The quantitative estimate of drug-likeness (QED) is 0.868. The van der Waals surface area contributed by atoms with E-state index in [1.807, 2.05) is 25.1 Å². The van der Waals surface area contributed by atoms with Crippen molar-refractivity contribution in [3.05, 3.63) is 29.3 Å². The van der Waals surface area contributed by atoms with Gasteiger partial charge in [-0.05, 0) is 19.4 Å². The zero-order valence-corrected chi connectivity index (χ0v) is 13.4. The number of ether oxygens (including phenoxy) is 1. The summed E-state index contributed by atoms with van der Waals surface area (Å²) in [6.07, 6.45) is -0.483. The second kappa shape index (κ2) is 7.29. The summed E-state index contributed by atoms with van der Waals surface area (Å²) < 4.78 is 5.90. The minimum atomic E-state index is -0.483. The topological polar surface area (TPSA) is 41.6 Å². The fraction of sp³-hybridized carbons (Fsp3) is 0.562. The Morgan fingerprint density at radius 3 is 2.50 bits per heavy atom. The average Bonchev–Trinajstić information content (AvgIpc) is 2.38. The normalized spacial score (nSPS) is 12.3. The molecule has 1 aromatic carbocycles. The second-order valence-corrected chi connectivity index (χ2v) is 5.59. The predicted octanol–water partition coefficient (Wildman–Crippen LogP) is 2.35. The Kier molecular flexibility index (Phi) is 6.02. The Morgan fingerprint density at radius 1 is 1.30 bits per heavy atom. The summed E-state index contributed by atoms with van der Waals surface area (Å²) in [6.45, 7) is 8.73. The van der Waals surface area contributed by atoms with Crippen LogP contribution in [0.25, 0.3) is 0 Å². The van der Waals surface area contributed by atoms with Gasteiger partial charge in [0.1, 0.15) is 5.75 Å². The van der Waals surface area contributed by atoms with Crippen molar-refractivity contribution in [2.24, 2.45) is 0 Å². The van der Waals surface area contributed by atoms with Crippen molar-refractivity contribution in [2.75, 3.05) is 14.1 Å². The highest BCUT2D eigenvalue weighted by Gasteiger charge is 2.19. The first-order chi connectivity index (χ1) is 9.32. The smallest absolute Gasteiger partial charge is 0.262 e. The molecule has 0 bridgehead atoms. The van der Waals surface area contributed by atoms with Gasteiger partial charge in [-0.25, -0.2) is 0 Å². The number of hydrogen-bond acceptors (Lipinski definition) is 3. The van der Waals surface area contributed by atoms with Crippen molar-refractivity contribution in [1.29, 1.82) is 0 Å². The van der Waals surface area contributed by atoms with Crippen LogP contribution in [0, 0.1) is 6.92 Å². The number of nitrogens with zero attached hydrogens (tertiary/aromatic N) is 1. The van der Waals surface area contributed by atoms with Crippen LogP contribution < -0.4 is 10.1 Å². The molecule has 0 aromatic heterocycles. The Bertz CT molecular complexity index is 456. The van der Waals surface area contributed by atoms with Crippen LogP contribution in [0.4, 0.5) is 0 Å². The number of carbonyl (C=O) groups excluding carboxylic acids is 1. The first-order valence-electron chi connectivity index (χ1n) is 7.02. The molecule has 1 amide bonds. The Labute approximate surface area is 122 Å². The molecule has 1 aromatic rings. The molecule has 1 N–H and O–H groups in total. The molecule has 4 nitrogen and oxygen atoms in total. The van der Waals surface area contributed by atoms with Gasteiger partial charge in [0, 0.05) is 32.2 Å². The number of aryl methyl sites for hydroxylation is 1. The second-order valence-electron chi connectivity index (χ2n) is 5.59. The molecule has 0 aliphatic heterocycles. The number of rotatable bonds is 6. The molecule has 112 valence electrons. The maximum Gasteiger partial charge on any atom is 0.262 e. The lowest BCUT2D eigenvalue weighted by Crippen LogP contribution is -2.35. The third kappa shape index (κ3) is 4.53. The van der Waals surface area contributed by atoms with E-state index in [9.17, 15) is 4.79 Å². The number of hydrogen-bond donors (Lipinski definition) is 1. The monoisotopic (exact) mass is 278 g/mol. The highest BCUT2D eigenvalue weighted by molar-refractivity contribution is 5.80. The molecule has 1 rings (SSSR count). The molecule has 1 unspecified atom stereocenters. The van der Waals surface area contributed by atoms with Crippen molar-refractivity contribution < 1.29 is 9.53 Å². The maximum atomic E-state index is 11.9. The van der Waals surface area contributed by atoms with Gasteiger partial charge < -0.3 is 15.0 Å². The van der Waals surface area contributed by atoms with Crippen LogP contribution in [0.1, 0.15) is 31.9 Å². The van der Waals surface area contributed by atoms with Crippen LogP contribution in [0.2, 0.25) is 0 Å². The summed E-state index contributed by atoms with van der Waals surface area (Å²) in [7, 11) is 3.47. The van der Waals surface area contributed by atoms with E-state index in [-0.39, 0.29) is 5.91 Å². The highest BCUT2D eigenvalue weighted by Crippen LogP contribution is 2.25. The fourth-order valence-corrected chi connectivity index (χ4v) is 1.93. The van der Waals surface area contributed by atoms with E-state index in [0.29, 0.717) is 6.04 Å². The summed E-state index contributed by atoms with van der Waals surface area (Å²) in [5, 5.41) is 3.38. The maximum absolute atomic E-state index is 11.9. The van der Waals surface area contributed by atoms with Crippen LogP contribution in [0.3, 0.4) is 0 Å². The molecule has 0 saturated heterocycles. The summed E-state index contributed by atoms with van der Waals surface area (Å²) >= 11 is 0. The number of carbonyl (C=O) groups is 1. The van der Waals surface area contributed by atoms with Gasteiger partial charge in [-0.2, -0.15) is 0 Å².